The molecule has 0 aliphatic carbocycles. The number of fused-ring (bicyclic) bond motifs is 1. The Bertz CT molecular complexity index is 469. The number of halogens is 1. The largest absolute Gasteiger partial charge is 0.496 e. The lowest BCUT2D eigenvalue weighted by Gasteiger charge is -2.08. The highest BCUT2D eigenvalue weighted by molar-refractivity contribution is 6.36. The Balaban J connectivity index is 2.91. The van der Waals surface area contributed by atoms with Crippen LogP contribution in [0.4, 0.5) is 0 Å². The Morgan fingerprint density at radius 1 is 1.14 bits per heavy atom. The SMILES string of the molecule is COc1ccc(Cl)c2c(C)cccc12. The van der Waals surface area contributed by atoms with Crippen LogP contribution in [0, 0.1) is 6.92 Å². The maximum atomic E-state index is 6.14. The lowest BCUT2D eigenvalue weighted by molar-refractivity contribution is 0.420. The lowest BCUT2D eigenvalue weighted by atomic mass is 10.0. The van der Waals surface area contributed by atoms with Gasteiger partial charge in [-0.2, -0.15) is 0 Å². The van der Waals surface area contributed by atoms with Gasteiger partial charge < -0.3 is 4.74 Å². The van der Waals surface area contributed by atoms with Gasteiger partial charge in [0.1, 0.15) is 5.75 Å². The number of rotatable bonds is 1. The van der Waals surface area contributed by atoms with Crippen molar-refractivity contribution in [3.8, 4) is 5.75 Å². The minimum Gasteiger partial charge on any atom is -0.496 e. The van der Waals surface area contributed by atoms with Gasteiger partial charge >= 0.3 is 0 Å². The van der Waals surface area contributed by atoms with Crippen molar-refractivity contribution in [3.05, 3.63) is 40.9 Å². The van der Waals surface area contributed by atoms with Gasteiger partial charge in [0, 0.05) is 15.8 Å². The molecule has 1 nitrogen and oxygen atoms in total. The maximum absolute atomic E-state index is 6.14. The molecule has 0 aliphatic rings. The summed E-state index contributed by atoms with van der Waals surface area (Å²) in [5.74, 6) is 0.869. The van der Waals surface area contributed by atoms with E-state index in [2.05, 4.69) is 0 Å². The molecule has 0 radical (unpaired) electrons. The van der Waals surface area contributed by atoms with E-state index in [9.17, 15) is 0 Å². The number of hydrogen-bond donors (Lipinski definition) is 0. The molecule has 0 aliphatic heterocycles. The fourth-order valence-electron chi connectivity index (χ4n) is 1.69. The zero-order valence-corrected chi connectivity index (χ0v) is 8.93. The summed E-state index contributed by atoms with van der Waals surface area (Å²) < 4.78 is 5.28. The first-order valence-corrected chi connectivity index (χ1v) is 4.83. The second-order valence-corrected chi connectivity index (χ2v) is 3.65. The topological polar surface area (TPSA) is 9.23 Å². The van der Waals surface area contributed by atoms with Crippen LogP contribution >= 0.6 is 11.6 Å². The predicted molar refractivity (Wildman–Crippen MR) is 60.2 cm³/mol. The van der Waals surface area contributed by atoms with Gasteiger partial charge in [-0.1, -0.05) is 29.8 Å². The molecule has 0 saturated heterocycles. The number of benzene rings is 2. The molecule has 0 heterocycles. The maximum Gasteiger partial charge on any atom is 0.126 e. The van der Waals surface area contributed by atoms with E-state index in [0.29, 0.717) is 0 Å². The van der Waals surface area contributed by atoms with Gasteiger partial charge in [-0.15, -0.1) is 0 Å². The zero-order chi connectivity index (χ0) is 10.1. The van der Waals surface area contributed by atoms with Crippen LogP contribution in [0.2, 0.25) is 5.02 Å². The third-order valence-corrected chi connectivity index (χ3v) is 2.69. The molecule has 0 bridgehead atoms. The summed E-state index contributed by atoms with van der Waals surface area (Å²) in [5.41, 5.74) is 1.17. The third kappa shape index (κ3) is 1.34. The standard InChI is InChI=1S/C12H11ClO/c1-8-4-3-5-9-11(14-2)7-6-10(13)12(8)9/h3-7H,1-2H3. The molecule has 0 spiro atoms. The Labute approximate surface area is 88.3 Å². The highest BCUT2D eigenvalue weighted by atomic mass is 35.5. The predicted octanol–water partition coefficient (Wildman–Crippen LogP) is 3.81. The summed E-state index contributed by atoms with van der Waals surface area (Å²) in [5, 5.41) is 2.92. The minimum atomic E-state index is 0.777. The van der Waals surface area contributed by atoms with Crippen molar-refractivity contribution in [1.82, 2.24) is 0 Å². The summed E-state index contributed by atoms with van der Waals surface area (Å²) in [6, 6.07) is 9.84. The molecule has 0 N–H and O–H groups in total. The van der Waals surface area contributed by atoms with Gasteiger partial charge in [0.25, 0.3) is 0 Å². The van der Waals surface area contributed by atoms with E-state index >= 15 is 0 Å². The van der Waals surface area contributed by atoms with Crippen LogP contribution in [0.15, 0.2) is 30.3 Å². The van der Waals surface area contributed by atoms with Crippen LogP contribution in [0.5, 0.6) is 5.75 Å². The molecular formula is C12H11ClO. The van der Waals surface area contributed by atoms with Gasteiger partial charge in [0.2, 0.25) is 0 Å². The van der Waals surface area contributed by atoms with Crippen molar-refractivity contribution in [3.63, 3.8) is 0 Å². The highest BCUT2D eigenvalue weighted by Crippen LogP contribution is 2.33. The first-order chi connectivity index (χ1) is 6.74. The van der Waals surface area contributed by atoms with E-state index in [1.54, 1.807) is 7.11 Å². The molecule has 0 fully saturated rings. The van der Waals surface area contributed by atoms with Crippen molar-refractivity contribution in [1.29, 1.82) is 0 Å². The molecule has 0 amide bonds. The van der Waals surface area contributed by atoms with Gasteiger partial charge in [0.05, 0.1) is 7.11 Å². The molecule has 2 rings (SSSR count). The number of methoxy groups -OCH3 is 1. The average Bonchev–Trinajstić information content (AvgIpc) is 2.18. The average molecular weight is 207 g/mol. The fraction of sp³-hybridized carbons (Fsp3) is 0.167. The number of ether oxygens (including phenoxy) is 1. The Morgan fingerprint density at radius 3 is 2.64 bits per heavy atom. The number of hydrogen-bond acceptors (Lipinski definition) is 1. The number of aryl methyl sites for hydroxylation is 1. The van der Waals surface area contributed by atoms with Crippen LogP contribution in [0.3, 0.4) is 0 Å². The van der Waals surface area contributed by atoms with Crippen molar-refractivity contribution < 1.29 is 4.74 Å². The summed E-state index contributed by atoms with van der Waals surface area (Å²) in [4.78, 5) is 0. The van der Waals surface area contributed by atoms with E-state index in [-0.39, 0.29) is 0 Å². The van der Waals surface area contributed by atoms with Crippen molar-refractivity contribution in [2.24, 2.45) is 0 Å². The van der Waals surface area contributed by atoms with Crippen LogP contribution < -0.4 is 4.74 Å². The van der Waals surface area contributed by atoms with E-state index in [4.69, 9.17) is 16.3 Å². The molecule has 2 aromatic carbocycles. The van der Waals surface area contributed by atoms with Gasteiger partial charge in [-0.05, 0) is 24.6 Å². The van der Waals surface area contributed by atoms with E-state index in [1.807, 2.05) is 37.3 Å². The molecule has 0 aromatic heterocycles. The van der Waals surface area contributed by atoms with E-state index in [1.165, 1.54) is 5.56 Å². The second-order valence-electron chi connectivity index (χ2n) is 3.25. The molecule has 0 saturated carbocycles. The smallest absolute Gasteiger partial charge is 0.126 e. The first-order valence-electron chi connectivity index (χ1n) is 4.46. The van der Waals surface area contributed by atoms with Crippen LogP contribution in [0.1, 0.15) is 5.56 Å². The summed E-state index contributed by atoms with van der Waals surface area (Å²) >= 11 is 6.14. The molecule has 0 atom stereocenters. The molecule has 2 aromatic rings. The first kappa shape index (κ1) is 9.35. The van der Waals surface area contributed by atoms with Gasteiger partial charge in [-0.3, -0.25) is 0 Å². The second kappa shape index (κ2) is 3.50. The zero-order valence-electron chi connectivity index (χ0n) is 8.17. The van der Waals surface area contributed by atoms with E-state index in [0.717, 1.165) is 21.5 Å². The van der Waals surface area contributed by atoms with Crippen molar-refractivity contribution >= 4 is 22.4 Å². The van der Waals surface area contributed by atoms with Gasteiger partial charge in [0.15, 0.2) is 0 Å². The third-order valence-electron chi connectivity index (χ3n) is 2.38. The van der Waals surface area contributed by atoms with Crippen LogP contribution in [-0.2, 0) is 0 Å². The minimum absolute atomic E-state index is 0.777. The van der Waals surface area contributed by atoms with Gasteiger partial charge in [-0.25, -0.2) is 0 Å². The van der Waals surface area contributed by atoms with Crippen molar-refractivity contribution in [2.45, 2.75) is 6.92 Å². The Morgan fingerprint density at radius 2 is 1.93 bits per heavy atom. The summed E-state index contributed by atoms with van der Waals surface area (Å²) in [6.45, 7) is 2.05. The molecule has 2 heteroatoms. The molecular weight excluding hydrogens is 196 g/mol. The summed E-state index contributed by atoms with van der Waals surface area (Å²) in [7, 11) is 1.67. The van der Waals surface area contributed by atoms with E-state index < -0.39 is 0 Å². The quantitative estimate of drug-likeness (QED) is 0.690. The van der Waals surface area contributed by atoms with Crippen molar-refractivity contribution in [2.75, 3.05) is 7.11 Å². The fourth-order valence-corrected chi connectivity index (χ4v) is 2.00. The molecule has 72 valence electrons. The Kier molecular flexibility index (Phi) is 2.34. The molecule has 14 heavy (non-hydrogen) atoms. The monoisotopic (exact) mass is 206 g/mol. The normalized spacial score (nSPS) is 10.5. The summed E-state index contributed by atoms with van der Waals surface area (Å²) in [6.07, 6.45) is 0. The lowest BCUT2D eigenvalue weighted by Crippen LogP contribution is -1.86. The highest BCUT2D eigenvalue weighted by Gasteiger charge is 2.06. The van der Waals surface area contributed by atoms with Crippen LogP contribution in [0.25, 0.3) is 10.8 Å². The molecule has 0 unspecified atom stereocenters. The van der Waals surface area contributed by atoms with Crippen LogP contribution in [-0.4, -0.2) is 7.11 Å². The Hall–Kier alpha value is -1.21.